The van der Waals surface area contributed by atoms with Gasteiger partial charge in [0.05, 0.1) is 5.56 Å². The highest BCUT2D eigenvalue weighted by atomic mass is 19.1. The van der Waals surface area contributed by atoms with Crippen molar-refractivity contribution < 1.29 is 8.78 Å². The summed E-state index contributed by atoms with van der Waals surface area (Å²) in [6, 6.07) is 5.02. The Morgan fingerprint density at radius 1 is 0.815 bits per heavy atom. The van der Waals surface area contributed by atoms with E-state index in [4.69, 9.17) is 0 Å². The molecule has 2 aromatic rings. The lowest BCUT2D eigenvalue weighted by Gasteiger charge is -2.26. The second kappa shape index (κ2) is 8.12. The summed E-state index contributed by atoms with van der Waals surface area (Å²) in [5.74, 6) is 0.665. The molecule has 0 aromatic heterocycles. The predicted octanol–water partition coefficient (Wildman–Crippen LogP) is 7.62. The van der Waals surface area contributed by atoms with Gasteiger partial charge < -0.3 is 0 Å². The van der Waals surface area contributed by atoms with Gasteiger partial charge in [-0.3, -0.25) is 0 Å². The van der Waals surface area contributed by atoms with Crippen LogP contribution in [0.25, 0.3) is 11.1 Å². The first-order valence-electron chi connectivity index (χ1n) is 10.3. The highest BCUT2D eigenvalue weighted by Gasteiger charge is 2.20. The van der Waals surface area contributed by atoms with Gasteiger partial charge in [0.1, 0.15) is 11.6 Å². The average molecular weight is 371 g/mol. The molecule has 27 heavy (non-hydrogen) atoms. The van der Waals surface area contributed by atoms with E-state index in [-0.39, 0.29) is 5.56 Å². The SMILES string of the molecule is Cc1cc(-c2c(F)cc(CCC3CCC(C)CC3)cc2F)c(C)c(C)c1C. The van der Waals surface area contributed by atoms with Crippen molar-refractivity contribution in [3.8, 4) is 11.1 Å². The first-order chi connectivity index (χ1) is 12.8. The summed E-state index contributed by atoms with van der Waals surface area (Å²) in [6.07, 6.45) is 6.89. The van der Waals surface area contributed by atoms with Crippen molar-refractivity contribution in [2.75, 3.05) is 0 Å². The molecule has 2 aromatic carbocycles. The standard InChI is InChI=1S/C25H32F2/c1-15-6-8-20(9-7-15)10-11-21-13-23(26)25(24(27)14-21)22-12-16(2)17(3)18(4)19(22)5/h12-15,20H,6-11H2,1-5H3. The van der Waals surface area contributed by atoms with E-state index in [1.165, 1.54) is 31.2 Å². The van der Waals surface area contributed by atoms with Gasteiger partial charge >= 0.3 is 0 Å². The predicted molar refractivity (Wildman–Crippen MR) is 110 cm³/mol. The molecule has 1 aliphatic carbocycles. The molecule has 0 amide bonds. The number of rotatable bonds is 4. The Labute approximate surface area is 163 Å². The van der Waals surface area contributed by atoms with E-state index in [0.29, 0.717) is 11.5 Å². The van der Waals surface area contributed by atoms with Crippen LogP contribution in [-0.4, -0.2) is 0 Å². The third-order valence-electron chi connectivity index (χ3n) is 6.83. The molecule has 1 aliphatic rings. The molecule has 0 saturated heterocycles. The number of halogens is 2. The fourth-order valence-corrected chi connectivity index (χ4v) is 4.49. The maximum absolute atomic E-state index is 14.9. The number of benzene rings is 2. The molecule has 0 heterocycles. The molecule has 1 fully saturated rings. The molecule has 0 N–H and O–H groups in total. The molecule has 0 nitrogen and oxygen atoms in total. The van der Waals surface area contributed by atoms with Crippen LogP contribution in [0, 0.1) is 51.2 Å². The first-order valence-corrected chi connectivity index (χ1v) is 10.3. The molecular formula is C25H32F2. The summed E-state index contributed by atoms with van der Waals surface area (Å²) in [5.41, 5.74) is 5.91. The molecule has 0 radical (unpaired) electrons. The van der Waals surface area contributed by atoms with E-state index >= 15 is 0 Å². The van der Waals surface area contributed by atoms with Crippen LogP contribution in [0.3, 0.4) is 0 Å². The highest BCUT2D eigenvalue weighted by molar-refractivity contribution is 5.72. The molecule has 146 valence electrons. The lowest BCUT2D eigenvalue weighted by atomic mass is 9.80. The maximum atomic E-state index is 14.9. The fourth-order valence-electron chi connectivity index (χ4n) is 4.49. The van der Waals surface area contributed by atoms with Crippen molar-refractivity contribution in [2.24, 2.45) is 11.8 Å². The Morgan fingerprint density at radius 2 is 1.41 bits per heavy atom. The lowest BCUT2D eigenvalue weighted by Crippen LogP contribution is -2.13. The van der Waals surface area contributed by atoms with Crippen LogP contribution in [0.2, 0.25) is 0 Å². The molecular weight excluding hydrogens is 338 g/mol. The minimum Gasteiger partial charge on any atom is -0.206 e. The van der Waals surface area contributed by atoms with Gasteiger partial charge in [-0.15, -0.1) is 0 Å². The van der Waals surface area contributed by atoms with Gasteiger partial charge in [0.2, 0.25) is 0 Å². The largest absolute Gasteiger partial charge is 0.206 e. The third kappa shape index (κ3) is 4.25. The summed E-state index contributed by atoms with van der Waals surface area (Å²) < 4.78 is 29.8. The molecule has 0 bridgehead atoms. The Kier molecular flexibility index (Phi) is 6.03. The molecule has 0 spiro atoms. The lowest BCUT2D eigenvalue weighted by molar-refractivity contribution is 0.277. The summed E-state index contributed by atoms with van der Waals surface area (Å²) in [5, 5.41) is 0. The Hall–Kier alpha value is -1.70. The normalized spacial score (nSPS) is 20.1. The number of hydrogen-bond acceptors (Lipinski definition) is 0. The van der Waals surface area contributed by atoms with Gasteiger partial charge in [0.25, 0.3) is 0 Å². The summed E-state index contributed by atoms with van der Waals surface area (Å²) in [4.78, 5) is 0. The van der Waals surface area contributed by atoms with Crippen molar-refractivity contribution in [2.45, 2.75) is 73.1 Å². The van der Waals surface area contributed by atoms with Crippen molar-refractivity contribution in [3.05, 3.63) is 57.7 Å². The van der Waals surface area contributed by atoms with Gasteiger partial charge in [-0.05, 0) is 97.9 Å². The van der Waals surface area contributed by atoms with E-state index in [1.54, 1.807) is 12.1 Å². The van der Waals surface area contributed by atoms with Crippen LogP contribution in [0.1, 0.15) is 66.8 Å². The topological polar surface area (TPSA) is 0 Å². The zero-order valence-electron chi connectivity index (χ0n) is 17.4. The van der Waals surface area contributed by atoms with Gasteiger partial charge in [0, 0.05) is 0 Å². The van der Waals surface area contributed by atoms with Gasteiger partial charge in [-0.1, -0.05) is 38.7 Å². The van der Waals surface area contributed by atoms with Crippen molar-refractivity contribution >= 4 is 0 Å². The zero-order valence-corrected chi connectivity index (χ0v) is 17.4. The fraction of sp³-hybridized carbons (Fsp3) is 0.520. The highest BCUT2D eigenvalue weighted by Crippen LogP contribution is 2.35. The van der Waals surface area contributed by atoms with Crippen molar-refractivity contribution in [1.29, 1.82) is 0 Å². The minimum absolute atomic E-state index is 0.119. The van der Waals surface area contributed by atoms with Gasteiger partial charge in [0.15, 0.2) is 0 Å². The maximum Gasteiger partial charge on any atom is 0.134 e. The Bertz CT molecular complexity index is 804. The monoisotopic (exact) mass is 370 g/mol. The molecule has 2 heteroatoms. The molecule has 0 atom stereocenters. The van der Waals surface area contributed by atoms with Crippen molar-refractivity contribution in [1.82, 2.24) is 0 Å². The van der Waals surface area contributed by atoms with E-state index < -0.39 is 11.6 Å². The van der Waals surface area contributed by atoms with Gasteiger partial charge in [-0.25, -0.2) is 8.78 Å². The average Bonchev–Trinajstić information content (AvgIpc) is 2.63. The second-order valence-electron chi connectivity index (χ2n) is 8.72. The Balaban J connectivity index is 1.84. The molecule has 0 unspecified atom stereocenters. The number of aryl methyl sites for hydroxylation is 2. The van der Waals surface area contributed by atoms with Crippen LogP contribution in [0.5, 0.6) is 0 Å². The Morgan fingerprint density at radius 3 is 2.00 bits per heavy atom. The molecule has 3 rings (SSSR count). The van der Waals surface area contributed by atoms with E-state index in [0.717, 1.165) is 41.0 Å². The minimum atomic E-state index is -0.437. The summed E-state index contributed by atoms with van der Waals surface area (Å²) in [7, 11) is 0. The van der Waals surface area contributed by atoms with Crippen LogP contribution >= 0.6 is 0 Å². The zero-order chi connectivity index (χ0) is 19.7. The van der Waals surface area contributed by atoms with E-state index in [1.807, 2.05) is 26.8 Å². The van der Waals surface area contributed by atoms with Crippen LogP contribution in [0.4, 0.5) is 8.78 Å². The molecule has 0 aliphatic heterocycles. The van der Waals surface area contributed by atoms with E-state index in [9.17, 15) is 8.78 Å². The summed E-state index contributed by atoms with van der Waals surface area (Å²) in [6.45, 7) is 10.4. The van der Waals surface area contributed by atoms with Gasteiger partial charge in [-0.2, -0.15) is 0 Å². The summed E-state index contributed by atoms with van der Waals surface area (Å²) >= 11 is 0. The smallest absolute Gasteiger partial charge is 0.134 e. The van der Waals surface area contributed by atoms with Crippen LogP contribution in [-0.2, 0) is 6.42 Å². The third-order valence-corrected chi connectivity index (χ3v) is 6.83. The van der Waals surface area contributed by atoms with Crippen LogP contribution in [0.15, 0.2) is 18.2 Å². The van der Waals surface area contributed by atoms with Crippen LogP contribution < -0.4 is 0 Å². The van der Waals surface area contributed by atoms with Crippen molar-refractivity contribution in [3.63, 3.8) is 0 Å². The quantitative estimate of drug-likeness (QED) is 0.519. The second-order valence-corrected chi connectivity index (χ2v) is 8.72. The van der Waals surface area contributed by atoms with E-state index in [2.05, 4.69) is 13.8 Å². The number of hydrogen-bond donors (Lipinski definition) is 0. The first kappa shape index (κ1) is 20.0. The molecule has 1 saturated carbocycles.